The summed E-state index contributed by atoms with van der Waals surface area (Å²) in [6.45, 7) is 10.2. The highest BCUT2D eigenvalue weighted by Gasteiger charge is 2.28. The van der Waals surface area contributed by atoms with E-state index in [1.165, 1.54) is 13.1 Å². The molecular formula is C31H44B2N4O11. The van der Waals surface area contributed by atoms with Crippen molar-refractivity contribution in [1.29, 1.82) is 0 Å². The van der Waals surface area contributed by atoms with Crippen LogP contribution in [0.15, 0.2) is 53.5 Å². The summed E-state index contributed by atoms with van der Waals surface area (Å²) in [6.07, 6.45) is 4.87. The first-order chi connectivity index (χ1) is 22.8. The molecule has 2 unspecified atom stereocenters. The summed E-state index contributed by atoms with van der Waals surface area (Å²) in [5.41, 5.74) is 4.19. The van der Waals surface area contributed by atoms with Gasteiger partial charge in [-0.15, -0.1) is 0 Å². The van der Waals surface area contributed by atoms with E-state index in [-0.39, 0.29) is 43.8 Å². The molecule has 2 aliphatic rings. The molecule has 0 saturated carbocycles. The highest BCUT2D eigenvalue weighted by molar-refractivity contribution is 6.61. The van der Waals surface area contributed by atoms with Crippen molar-refractivity contribution in [2.75, 3.05) is 27.2 Å². The van der Waals surface area contributed by atoms with Gasteiger partial charge in [0.15, 0.2) is 0 Å². The number of carbonyl (C=O) groups is 6. The SMILES string of the molecule is C=C/C(C=O)=C\C1=C(C)COB1O.CN(OC(=O)CCNC=O)C(=O)CCC=O.CNC(C)C(C)NC(=O)c1ccc2c(c1)B(O)OC2. The van der Waals surface area contributed by atoms with E-state index in [2.05, 4.69) is 27.4 Å². The topological polar surface area (TPSA) is 210 Å². The summed E-state index contributed by atoms with van der Waals surface area (Å²) in [5.74, 6) is -1.23. The predicted molar refractivity (Wildman–Crippen MR) is 178 cm³/mol. The Hall–Kier alpha value is -4.41. The van der Waals surface area contributed by atoms with Crippen LogP contribution in [0.2, 0.25) is 0 Å². The first kappa shape index (κ1) is 41.6. The second-order valence-corrected chi connectivity index (χ2v) is 10.7. The Morgan fingerprint density at radius 1 is 1.08 bits per heavy atom. The minimum absolute atomic E-state index is 0.000131. The molecule has 2 atom stereocenters. The Kier molecular flexibility index (Phi) is 19.3. The summed E-state index contributed by atoms with van der Waals surface area (Å²) < 4.78 is 10.1. The Bertz CT molecular complexity index is 1350. The van der Waals surface area contributed by atoms with Crippen LogP contribution in [0.1, 0.15) is 56.0 Å². The fourth-order valence-corrected chi connectivity index (χ4v) is 3.95. The van der Waals surface area contributed by atoms with Crippen molar-refractivity contribution in [3.05, 3.63) is 64.7 Å². The first-order valence-corrected chi connectivity index (χ1v) is 15.1. The minimum Gasteiger partial charge on any atom is -0.423 e. The normalized spacial score (nSPS) is 14.6. The summed E-state index contributed by atoms with van der Waals surface area (Å²) in [4.78, 5) is 69.3. The molecule has 1 aromatic rings. The predicted octanol–water partition coefficient (Wildman–Crippen LogP) is -0.687. The monoisotopic (exact) mass is 670 g/mol. The molecule has 3 rings (SSSR count). The number of benzene rings is 1. The van der Waals surface area contributed by atoms with Crippen molar-refractivity contribution in [3.8, 4) is 0 Å². The molecule has 0 bridgehead atoms. The third-order valence-corrected chi connectivity index (χ3v) is 7.17. The van der Waals surface area contributed by atoms with Crippen molar-refractivity contribution in [2.24, 2.45) is 0 Å². The molecule has 0 aliphatic carbocycles. The van der Waals surface area contributed by atoms with Crippen LogP contribution in [0.5, 0.6) is 0 Å². The molecule has 0 radical (unpaired) electrons. The Morgan fingerprint density at radius 3 is 2.33 bits per heavy atom. The maximum Gasteiger partial charge on any atom is 0.491 e. The zero-order chi connectivity index (χ0) is 36.2. The fraction of sp³-hybridized carbons (Fsp3) is 0.419. The molecule has 0 saturated heterocycles. The Morgan fingerprint density at radius 2 is 1.77 bits per heavy atom. The smallest absolute Gasteiger partial charge is 0.423 e. The van der Waals surface area contributed by atoms with Gasteiger partial charge in [0.1, 0.15) is 12.6 Å². The summed E-state index contributed by atoms with van der Waals surface area (Å²) in [7, 11) is 1.32. The number of hydrogen-bond donors (Lipinski definition) is 5. The molecule has 17 heteroatoms. The van der Waals surface area contributed by atoms with E-state index in [0.29, 0.717) is 54.3 Å². The molecule has 0 aromatic heterocycles. The standard InChI is InChI=1S/C13H19BN2O3.C9H11BO3.C9H14N2O5/c1-8(15-3)9(2)16-13(17)10-4-5-11-7-19-14(18)12(11)6-10;1-3-8(5-11)4-9-7(2)6-13-10(9)12;1-11(8(14)3-2-6-12)16-9(15)4-5-10-7-13/h4-6,8-9,15,18H,7H2,1-3H3,(H,16,17);3-5,12H,1,6H2,2H3;6-7H,2-5H2,1H3,(H,10,13)/b;8-4+;. The van der Waals surface area contributed by atoms with Crippen LogP contribution in [0.4, 0.5) is 0 Å². The summed E-state index contributed by atoms with van der Waals surface area (Å²) in [6, 6.07) is 5.48. The number of carbonyl (C=O) groups excluding carboxylic acids is 6. The second-order valence-electron chi connectivity index (χ2n) is 10.7. The van der Waals surface area contributed by atoms with Gasteiger partial charge in [0.25, 0.3) is 11.8 Å². The van der Waals surface area contributed by atoms with E-state index in [1.54, 1.807) is 18.2 Å². The lowest BCUT2D eigenvalue weighted by Crippen LogP contribution is -2.45. The average molecular weight is 670 g/mol. The molecule has 5 N–H and O–H groups in total. The number of fused-ring (bicyclic) bond motifs is 1. The first-order valence-electron chi connectivity index (χ1n) is 15.1. The van der Waals surface area contributed by atoms with Crippen LogP contribution in [-0.2, 0) is 44.7 Å². The lowest BCUT2D eigenvalue weighted by molar-refractivity contribution is -0.192. The van der Waals surface area contributed by atoms with E-state index >= 15 is 0 Å². The van der Waals surface area contributed by atoms with Crippen LogP contribution in [-0.4, -0.2) is 105 Å². The lowest BCUT2D eigenvalue weighted by Gasteiger charge is -2.20. The van der Waals surface area contributed by atoms with Gasteiger partial charge in [0, 0.05) is 49.7 Å². The number of nitrogens with one attached hydrogen (secondary N) is 3. The van der Waals surface area contributed by atoms with Crippen molar-refractivity contribution < 1.29 is 53.0 Å². The quantitative estimate of drug-likeness (QED) is 0.0416. The molecule has 48 heavy (non-hydrogen) atoms. The van der Waals surface area contributed by atoms with E-state index in [4.69, 9.17) is 9.31 Å². The van der Waals surface area contributed by atoms with Gasteiger partial charge in [-0.2, -0.15) is 5.06 Å². The van der Waals surface area contributed by atoms with Crippen molar-refractivity contribution >= 4 is 56.5 Å². The summed E-state index contributed by atoms with van der Waals surface area (Å²) >= 11 is 0. The van der Waals surface area contributed by atoms with Crippen molar-refractivity contribution in [2.45, 2.75) is 58.7 Å². The number of nitrogens with zero attached hydrogens (tertiary/aromatic N) is 1. The molecule has 3 amide bonds. The second kappa shape index (κ2) is 22.2. The number of rotatable bonds is 14. The molecule has 1 aromatic carbocycles. The molecule has 15 nitrogen and oxygen atoms in total. The maximum atomic E-state index is 12.1. The molecule has 2 heterocycles. The van der Waals surface area contributed by atoms with Crippen molar-refractivity contribution in [3.63, 3.8) is 0 Å². The van der Waals surface area contributed by atoms with Gasteiger partial charge in [-0.05, 0) is 62.0 Å². The highest BCUT2D eigenvalue weighted by atomic mass is 16.7. The fourth-order valence-electron chi connectivity index (χ4n) is 3.95. The van der Waals surface area contributed by atoms with E-state index in [0.717, 1.165) is 16.2 Å². The lowest BCUT2D eigenvalue weighted by atomic mass is 9.78. The third-order valence-electron chi connectivity index (χ3n) is 7.17. The van der Waals surface area contributed by atoms with Gasteiger partial charge < -0.3 is 44.9 Å². The van der Waals surface area contributed by atoms with Crippen LogP contribution in [0.3, 0.4) is 0 Å². The van der Waals surface area contributed by atoms with E-state index < -0.39 is 26.1 Å². The highest BCUT2D eigenvalue weighted by Crippen LogP contribution is 2.18. The molecule has 0 fully saturated rings. The minimum atomic E-state index is -0.920. The molecule has 0 spiro atoms. The van der Waals surface area contributed by atoms with Crippen molar-refractivity contribution in [1.82, 2.24) is 21.0 Å². The number of hydrogen-bond acceptors (Lipinski definition) is 12. The van der Waals surface area contributed by atoms with Gasteiger partial charge in [0.05, 0.1) is 19.6 Å². The summed E-state index contributed by atoms with van der Waals surface area (Å²) in [5, 5.41) is 28.0. The van der Waals surface area contributed by atoms with Gasteiger partial charge in [-0.25, -0.2) is 4.79 Å². The number of aldehydes is 2. The molecule has 2 aliphatic heterocycles. The van der Waals surface area contributed by atoms with Gasteiger partial charge in [-0.1, -0.05) is 24.8 Å². The number of hydroxylamine groups is 2. The van der Waals surface area contributed by atoms with Gasteiger partial charge >= 0.3 is 20.2 Å². The zero-order valence-corrected chi connectivity index (χ0v) is 27.9. The van der Waals surface area contributed by atoms with Crippen LogP contribution in [0.25, 0.3) is 0 Å². The molecular weight excluding hydrogens is 626 g/mol. The Balaban J connectivity index is 0.000000367. The largest absolute Gasteiger partial charge is 0.491 e. The van der Waals surface area contributed by atoms with Crippen LogP contribution in [0, 0.1) is 0 Å². The van der Waals surface area contributed by atoms with E-state index in [9.17, 15) is 38.8 Å². The van der Waals surface area contributed by atoms with Crippen LogP contribution < -0.4 is 21.4 Å². The third kappa shape index (κ3) is 14.1. The van der Waals surface area contributed by atoms with E-state index in [1.807, 2.05) is 33.9 Å². The van der Waals surface area contributed by atoms with Gasteiger partial charge in [-0.3, -0.25) is 19.2 Å². The Labute approximate surface area is 281 Å². The zero-order valence-electron chi connectivity index (χ0n) is 27.9. The maximum absolute atomic E-state index is 12.1. The average Bonchev–Trinajstić information content (AvgIpc) is 3.61. The number of allylic oxidation sites excluding steroid dienone is 4. The number of amides is 3. The van der Waals surface area contributed by atoms with Crippen LogP contribution >= 0.6 is 0 Å². The molecule has 260 valence electrons. The van der Waals surface area contributed by atoms with Gasteiger partial charge in [0.2, 0.25) is 6.41 Å². The number of likely N-dealkylation sites (N-methyl/N-ethyl adjacent to an activating group) is 1.